The van der Waals surface area contributed by atoms with Crippen molar-refractivity contribution in [1.82, 2.24) is 0 Å². The summed E-state index contributed by atoms with van der Waals surface area (Å²) >= 11 is 11.5. The van der Waals surface area contributed by atoms with Crippen LogP contribution in [0.1, 0.15) is 54.4 Å². The van der Waals surface area contributed by atoms with Crippen LogP contribution < -0.4 is 0 Å². The van der Waals surface area contributed by atoms with Crippen molar-refractivity contribution in [1.29, 1.82) is 0 Å². The first-order chi connectivity index (χ1) is 10.9. The first-order valence-electron chi connectivity index (χ1n) is 7.55. The van der Waals surface area contributed by atoms with E-state index in [4.69, 9.17) is 33.0 Å². The average molecular weight is 383 g/mol. The average Bonchev–Trinajstić information content (AvgIpc) is 2.54. The molecule has 2 atom stereocenters. The second kappa shape index (κ2) is 10.1. The second-order valence-corrected chi connectivity index (χ2v) is 7.05. The molecule has 24 heavy (non-hydrogen) atoms. The summed E-state index contributed by atoms with van der Waals surface area (Å²) in [6.07, 6.45) is 0.836. The predicted octanol–water partition coefficient (Wildman–Crippen LogP) is 3.53. The Labute approximate surface area is 152 Å². The quantitative estimate of drug-likeness (QED) is 0.276. The molecule has 0 bridgehead atoms. The number of halogens is 2. The molecule has 0 fully saturated rings. The Kier molecular flexibility index (Phi) is 9.68. The van der Waals surface area contributed by atoms with Gasteiger partial charge in [-0.1, -0.05) is 25.7 Å². The van der Waals surface area contributed by atoms with Gasteiger partial charge in [0.05, 0.1) is 0 Å². The van der Waals surface area contributed by atoms with Gasteiger partial charge in [-0.25, -0.2) is 9.59 Å². The van der Waals surface area contributed by atoms with Crippen LogP contribution in [-0.4, -0.2) is 33.9 Å². The maximum Gasteiger partial charge on any atom is 0.360 e. The molecule has 0 saturated heterocycles. The number of alkyl halides is 2. The number of hydrogen-bond donors (Lipinski definition) is 0. The highest BCUT2D eigenvalue weighted by atomic mass is 35.5. The highest BCUT2D eigenvalue weighted by Crippen LogP contribution is 2.15. The van der Waals surface area contributed by atoms with E-state index in [0.717, 1.165) is 0 Å². The molecular formula is C16H24Cl2O6. The summed E-state index contributed by atoms with van der Waals surface area (Å²) in [5.74, 6) is 4.10. The van der Waals surface area contributed by atoms with E-state index in [2.05, 4.69) is 21.6 Å². The highest BCUT2D eigenvalue weighted by molar-refractivity contribution is 6.30. The van der Waals surface area contributed by atoms with Crippen LogP contribution in [0.4, 0.5) is 0 Å². The topological polar surface area (TPSA) is 71.1 Å². The van der Waals surface area contributed by atoms with E-state index in [1.54, 1.807) is 41.5 Å². The first-order valence-corrected chi connectivity index (χ1v) is 8.43. The standard InChI is InChI=1S/C16H24Cl2O6/c1-7-11(17)13(19)21-23-15(3,4)9-10-16(5,6)24-22-14(20)12(18)8-2/h11-12H,7-8H2,1-6H3. The minimum absolute atomic E-state index is 0.418. The smallest absolute Gasteiger partial charge is 0.295 e. The summed E-state index contributed by atoms with van der Waals surface area (Å²) in [7, 11) is 0. The SMILES string of the molecule is CCC(Cl)C(=O)OOC(C)(C)C#CC(C)(C)OOC(=O)C(Cl)CC. The monoisotopic (exact) mass is 382 g/mol. The van der Waals surface area contributed by atoms with Crippen molar-refractivity contribution in [2.45, 2.75) is 76.3 Å². The van der Waals surface area contributed by atoms with E-state index in [1.165, 1.54) is 0 Å². The first kappa shape index (κ1) is 23.0. The third kappa shape index (κ3) is 9.33. The van der Waals surface area contributed by atoms with Gasteiger partial charge in [-0.3, -0.25) is 9.78 Å². The Bertz CT molecular complexity index is 451. The van der Waals surface area contributed by atoms with Crippen LogP contribution in [-0.2, 0) is 29.1 Å². The molecule has 0 N–H and O–H groups in total. The summed E-state index contributed by atoms with van der Waals surface area (Å²) in [6.45, 7) is 9.86. The van der Waals surface area contributed by atoms with E-state index in [1.807, 2.05) is 0 Å². The van der Waals surface area contributed by atoms with Gasteiger partial charge in [-0.2, -0.15) is 9.78 Å². The normalized spacial score (nSPS) is 14.2. The molecule has 0 saturated carbocycles. The van der Waals surface area contributed by atoms with Crippen LogP contribution >= 0.6 is 23.2 Å². The molecule has 0 aliphatic carbocycles. The zero-order valence-electron chi connectivity index (χ0n) is 14.8. The molecule has 0 aliphatic heterocycles. The molecule has 0 aromatic carbocycles. The third-order valence-electron chi connectivity index (χ3n) is 2.56. The molecule has 0 rings (SSSR count). The van der Waals surface area contributed by atoms with Crippen molar-refractivity contribution in [3.63, 3.8) is 0 Å². The third-order valence-corrected chi connectivity index (χ3v) is 3.53. The lowest BCUT2D eigenvalue weighted by molar-refractivity contribution is -0.312. The second-order valence-electron chi connectivity index (χ2n) is 5.99. The molecule has 138 valence electrons. The lowest BCUT2D eigenvalue weighted by Crippen LogP contribution is -2.30. The van der Waals surface area contributed by atoms with Crippen molar-refractivity contribution in [2.24, 2.45) is 0 Å². The van der Waals surface area contributed by atoms with Crippen molar-refractivity contribution < 1.29 is 29.1 Å². The number of carbonyl (C=O) groups excluding carboxylic acids is 2. The lowest BCUT2D eigenvalue weighted by Gasteiger charge is -2.20. The zero-order valence-corrected chi connectivity index (χ0v) is 16.3. The molecule has 0 aromatic rings. The Morgan fingerprint density at radius 1 is 0.833 bits per heavy atom. The fraction of sp³-hybridized carbons (Fsp3) is 0.750. The van der Waals surface area contributed by atoms with Gasteiger partial charge in [0.25, 0.3) is 0 Å². The van der Waals surface area contributed by atoms with Gasteiger partial charge in [-0.15, -0.1) is 23.2 Å². The van der Waals surface area contributed by atoms with Gasteiger partial charge < -0.3 is 0 Å². The summed E-state index contributed by atoms with van der Waals surface area (Å²) in [5, 5.41) is -1.56. The van der Waals surface area contributed by atoms with Gasteiger partial charge >= 0.3 is 11.9 Å². The number of carbonyl (C=O) groups is 2. The lowest BCUT2D eigenvalue weighted by atomic mass is 10.1. The number of rotatable bonds is 8. The molecule has 8 heteroatoms. The van der Waals surface area contributed by atoms with Gasteiger partial charge in [-0.05, 0) is 40.5 Å². The maximum atomic E-state index is 11.5. The Balaban J connectivity index is 4.63. The summed E-state index contributed by atoms with van der Waals surface area (Å²) in [4.78, 5) is 42.2. The van der Waals surface area contributed by atoms with Crippen molar-refractivity contribution in [2.75, 3.05) is 0 Å². The predicted molar refractivity (Wildman–Crippen MR) is 90.2 cm³/mol. The Morgan fingerprint density at radius 2 is 1.12 bits per heavy atom. The van der Waals surface area contributed by atoms with Crippen LogP contribution in [0.15, 0.2) is 0 Å². The van der Waals surface area contributed by atoms with Gasteiger partial charge in [0, 0.05) is 0 Å². The van der Waals surface area contributed by atoms with Gasteiger partial charge in [0.2, 0.25) is 0 Å². The van der Waals surface area contributed by atoms with Gasteiger partial charge in [0.1, 0.15) is 10.8 Å². The van der Waals surface area contributed by atoms with Crippen LogP contribution in [0.2, 0.25) is 0 Å². The van der Waals surface area contributed by atoms with E-state index >= 15 is 0 Å². The zero-order chi connectivity index (χ0) is 19.0. The van der Waals surface area contributed by atoms with E-state index < -0.39 is 33.9 Å². The van der Waals surface area contributed by atoms with Crippen molar-refractivity contribution in [3.05, 3.63) is 0 Å². The van der Waals surface area contributed by atoms with E-state index in [-0.39, 0.29) is 0 Å². The molecule has 0 spiro atoms. The van der Waals surface area contributed by atoms with Crippen LogP contribution in [0.3, 0.4) is 0 Å². The summed E-state index contributed by atoms with van der Waals surface area (Å²) < 4.78 is 0. The molecule has 2 unspecified atom stereocenters. The Hall–Kier alpha value is -1.000. The van der Waals surface area contributed by atoms with Gasteiger partial charge in [0.15, 0.2) is 11.2 Å². The fourth-order valence-corrected chi connectivity index (χ4v) is 1.14. The molecule has 6 nitrogen and oxygen atoms in total. The van der Waals surface area contributed by atoms with Crippen molar-refractivity contribution >= 4 is 35.1 Å². The van der Waals surface area contributed by atoms with Crippen LogP contribution in [0.5, 0.6) is 0 Å². The molecule has 0 aromatic heterocycles. The fourth-order valence-electron chi connectivity index (χ4n) is 1.07. The number of hydrogen-bond acceptors (Lipinski definition) is 6. The minimum Gasteiger partial charge on any atom is -0.295 e. The highest BCUT2D eigenvalue weighted by Gasteiger charge is 2.26. The van der Waals surface area contributed by atoms with E-state index in [9.17, 15) is 9.59 Å². The minimum atomic E-state index is -1.11. The van der Waals surface area contributed by atoms with Crippen LogP contribution in [0.25, 0.3) is 0 Å². The van der Waals surface area contributed by atoms with E-state index in [0.29, 0.717) is 12.8 Å². The molecule has 0 radical (unpaired) electrons. The maximum absolute atomic E-state index is 11.5. The Morgan fingerprint density at radius 3 is 1.38 bits per heavy atom. The largest absolute Gasteiger partial charge is 0.360 e. The molecule has 0 heterocycles. The summed E-state index contributed by atoms with van der Waals surface area (Å²) in [6, 6.07) is 0. The molecule has 0 aliphatic rings. The van der Waals surface area contributed by atoms with Crippen LogP contribution in [0, 0.1) is 11.8 Å². The molecule has 0 amide bonds. The summed E-state index contributed by atoms with van der Waals surface area (Å²) in [5.41, 5.74) is -2.22. The molecular weight excluding hydrogens is 359 g/mol. The van der Waals surface area contributed by atoms with Crippen molar-refractivity contribution in [3.8, 4) is 11.8 Å².